The number of pyridine rings is 2. The van der Waals surface area contributed by atoms with Gasteiger partial charge in [0.05, 0.1) is 17.9 Å². The SMILES string of the molecule is C=CN(CC)Cc1cn2cc(-c3[nH]c(=O)c(C(=O)O)cc3CC)ccc2n1. The molecule has 0 aliphatic heterocycles. The average molecular weight is 366 g/mol. The van der Waals surface area contributed by atoms with E-state index in [1.807, 2.05) is 35.9 Å². The lowest BCUT2D eigenvalue weighted by atomic mass is 10.0. The fraction of sp³-hybridized carbons (Fsp3) is 0.250. The average Bonchev–Trinajstić information content (AvgIpc) is 3.07. The molecule has 0 atom stereocenters. The highest BCUT2D eigenvalue weighted by atomic mass is 16.4. The van der Waals surface area contributed by atoms with Crippen molar-refractivity contribution in [3.8, 4) is 11.3 Å². The summed E-state index contributed by atoms with van der Waals surface area (Å²) in [5.74, 6) is -1.23. The summed E-state index contributed by atoms with van der Waals surface area (Å²) >= 11 is 0. The Balaban J connectivity index is 2.05. The van der Waals surface area contributed by atoms with Crippen LogP contribution in [0.4, 0.5) is 0 Å². The molecule has 3 aromatic rings. The Bertz CT molecular complexity index is 1060. The number of aryl methyl sites for hydroxylation is 1. The van der Waals surface area contributed by atoms with Gasteiger partial charge in [0.1, 0.15) is 11.2 Å². The fourth-order valence-corrected chi connectivity index (χ4v) is 3.05. The van der Waals surface area contributed by atoms with Crippen molar-refractivity contribution in [1.82, 2.24) is 19.3 Å². The Hall–Kier alpha value is -3.35. The number of nitrogens with zero attached hydrogens (tertiary/aromatic N) is 3. The number of hydrogen-bond acceptors (Lipinski definition) is 4. The highest BCUT2D eigenvalue weighted by Gasteiger charge is 2.15. The van der Waals surface area contributed by atoms with Crippen LogP contribution in [0.25, 0.3) is 16.9 Å². The van der Waals surface area contributed by atoms with Crippen molar-refractivity contribution in [2.45, 2.75) is 26.8 Å². The minimum Gasteiger partial charge on any atom is -0.477 e. The molecule has 0 saturated heterocycles. The van der Waals surface area contributed by atoms with Crippen molar-refractivity contribution in [2.75, 3.05) is 6.54 Å². The number of fused-ring (bicyclic) bond motifs is 1. The van der Waals surface area contributed by atoms with Crippen LogP contribution >= 0.6 is 0 Å². The largest absolute Gasteiger partial charge is 0.477 e. The van der Waals surface area contributed by atoms with Crippen molar-refractivity contribution in [3.05, 3.63) is 70.5 Å². The maximum Gasteiger partial charge on any atom is 0.341 e. The second-order valence-corrected chi connectivity index (χ2v) is 6.23. The molecule has 3 rings (SSSR count). The van der Waals surface area contributed by atoms with E-state index in [0.717, 1.165) is 29.0 Å². The molecule has 7 heteroatoms. The van der Waals surface area contributed by atoms with E-state index in [0.29, 0.717) is 18.7 Å². The zero-order valence-electron chi connectivity index (χ0n) is 15.4. The first kappa shape index (κ1) is 18.4. The number of carboxylic acid groups (broad SMARTS) is 1. The molecule has 27 heavy (non-hydrogen) atoms. The van der Waals surface area contributed by atoms with Crippen LogP contribution in [0.15, 0.2) is 48.2 Å². The van der Waals surface area contributed by atoms with Gasteiger partial charge in [0.15, 0.2) is 0 Å². The maximum absolute atomic E-state index is 12.1. The second-order valence-electron chi connectivity index (χ2n) is 6.23. The molecule has 0 unspecified atom stereocenters. The summed E-state index contributed by atoms with van der Waals surface area (Å²) in [5.41, 5.74) is 3.07. The van der Waals surface area contributed by atoms with E-state index in [1.165, 1.54) is 6.07 Å². The van der Waals surface area contributed by atoms with E-state index in [2.05, 4.69) is 28.4 Å². The third-order valence-electron chi connectivity index (χ3n) is 4.55. The summed E-state index contributed by atoms with van der Waals surface area (Å²) in [6.07, 6.45) is 6.23. The number of nitrogens with one attached hydrogen (secondary N) is 1. The van der Waals surface area contributed by atoms with Crippen LogP contribution < -0.4 is 5.56 Å². The molecule has 0 saturated carbocycles. The molecular weight excluding hydrogens is 344 g/mol. The van der Waals surface area contributed by atoms with Crippen LogP contribution in [0.2, 0.25) is 0 Å². The van der Waals surface area contributed by atoms with E-state index in [-0.39, 0.29) is 5.56 Å². The summed E-state index contributed by atoms with van der Waals surface area (Å²) in [7, 11) is 0. The minimum atomic E-state index is -1.23. The molecule has 0 aliphatic carbocycles. The van der Waals surface area contributed by atoms with Crippen molar-refractivity contribution < 1.29 is 9.90 Å². The molecule has 140 valence electrons. The molecule has 7 nitrogen and oxygen atoms in total. The van der Waals surface area contributed by atoms with Crippen LogP contribution in [0.3, 0.4) is 0 Å². The Morgan fingerprint density at radius 2 is 2.15 bits per heavy atom. The Labute approximate surface area is 156 Å². The normalized spacial score (nSPS) is 10.9. The Kier molecular flexibility index (Phi) is 5.12. The quantitative estimate of drug-likeness (QED) is 0.671. The van der Waals surface area contributed by atoms with E-state index in [1.54, 1.807) is 6.20 Å². The Morgan fingerprint density at radius 3 is 2.78 bits per heavy atom. The molecule has 0 aliphatic rings. The number of imidazole rings is 1. The number of aromatic nitrogens is 3. The molecule has 0 radical (unpaired) electrons. The van der Waals surface area contributed by atoms with Gasteiger partial charge in [-0.1, -0.05) is 13.5 Å². The van der Waals surface area contributed by atoms with Crippen molar-refractivity contribution >= 4 is 11.6 Å². The molecule has 0 fully saturated rings. The summed E-state index contributed by atoms with van der Waals surface area (Å²) in [6, 6.07) is 5.21. The van der Waals surface area contributed by atoms with Gasteiger partial charge >= 0.3 is 5.97 Å². The first-order valence-electron chi connectivity index (χ1n) is 8.80. The van der Waals surface area contributed by atoms with Gasteiger partial charge in [0.25, 0.3) is 5.56 Å². The number of carbonyl (C=O) groups is 1. The van der Waals surface area contributed by atoms with Gasteiger partial charge in [-0.15, -0.1) is 0 Å². The molecule has 3 aromatic heterocycles. The van der Waals surface area contributed by atoms with E-state index in [9.17, 15) is 9.59 Å². The van der Waals surface area contributed by atoms with Crippen LogP contribution in [0.5, 0.6) is 0 Å². The zero-order chi connectivity index (χ0) is 19.6. The molecule has 0 spiro atoms. The Morgan fingerprint density at radius 1 is 1.37 bits per heavy atom. The number of carboxylic acids is 1. The zero-order valence-corrected chi connectivity index (χ0v) is 15.4. The van der Waals surface area contributed by atoms with Crippen molar-refractivity contribution in [3.63, 3.8) is 0 Å². The van der Waals surface area contributed by atoms with Crippen LogP contribution in [0, 0.1) is 0 Å². The van der Waals surface area contributed by atoms with Crippen molar-refractivity contribution in [1.29, 1.82) is 0 Å². The van der Waals surface area contributed by atoms with E-state index < -0.39 is 11.5 Å². The van der Waals surface area contributed by atoms with Crippen LogP contribution in [-0.2, 0) is 13.0 Å². The number of H-pyrrole nitrogens is 1. The molecule has 0 aromatic carbocycles. The molecule has 0 bridgehead atoms. The second kappa shape index (κ2) is 7.49. The summed E-state index contributed by atoms with van der Waals surface area (Å²) in [6.45, 7) is 9.29. The highest BCUT2D eigenvalue weighted by Crippen LogP contribution is 2.22. The van der Waals surface area contributed by atoms with Gasteiger partial charge in [0.2, 0.25) is 0 Å². The van der Waals surface area contributed by atoms with E-state index in [4.69, 9.17) is 5.11 Å². The lowest BCUT2D eigenvalue weighted by molar-refractivity contribution is 0.0695. The predicted molar refractivity (Wildman–Crippen MR) is 104 cm³/mol. The first-order chi connectivity index (χ1) is 13.0. The van der Waals surface area contributed by atoms with Crippen LogP contribution in [-0.4, -0.2) is 36.9 Å². The van der Waals surface area contributed by atoms with Gasteiger partial charge in [0, 0.05) is 24.5 Å². The van der Waals surface area contributed by atoms with Gasteiger partial charge in [-0.05, 0) is 43.3 Å². The summed E-state index contributed by atoms with van der Waals surface area (Å²) in [5, 5.41) is 9.16. The standard InChI is InChI=1S/C20H22N4O3/c1-4-13-9-16(20(26)27)19(25)22-18(13)14-7-8-17-21-15(12-24(17)10-14)11-23(5-2)6-3/h5,7-10,12H,2,4,6,11H2,1,3H3,(H,22,25)(H,26,27). The number of rotatable bonds is 7. The molecule has 0 amide bonds. The smallest absolute Gasteiger partial charge is 0.341 e. The van der Waals surface area contributed by atoms with Crippen LogP contribution in [0.1, 0.15) is 35.5 Å². The minimum absolute atomic E-state index is 0.245. The lowest BCUT2D eigenvalue weighted by Crippen LogP contribution is -2.19. The van der Waals surface area contributed by atoms with Crippen molar-refractivity contribution in [2.24, 2.45) is 0 Å². The third kappa shape index (κ3) is 3.62. The number of aromatic amines is 1. The maximum atomic E-state index is 12.1. The van der Waals surface area contributed by atoms with Gasteiger partial charge in [-0.25, -0.2) is 9.78 Å². The van der Waals surface area contributed by atoms with Gasteiger partial charge in [-0.3, -0.25) is 4.79 Å². The summed E-state index contributed by atoms with van der Waals surface area (Å²) in [4.78, 5) is 32.7. The number of hydrogen-bond donors (Lipinski definition) is 2. The van der Waals surface area contributed by atoms with Gasteiger partial charge in [-0.2, -0.15) is 0 Å². The lowest BCUT2D eigenvalue weighted by Gasteiger charge is -2.15. The van der Waals surface area contributed by atoms with Gasteiger partial charge < -0.3 is 19.4 Å². The predicted octanol–water partition coefficient (Wildman–Crippen LogP) is 2.92. The monoisotopic (exact) mass is 366 g/mol. The third-order valence-corrected chi connectivity index (χ3v) is 4.55. The number of aromatic carboxylic acids is 1. The first-order valence-corrected chi connectivity index (χ1v) is 8.80. The summed E-state index contributed by atoms with van der Waals surface area (Å²) < 4.78 is 1.91. The highest BCUT2D eigenvalue weighted by molar-refractivity contribution is 5.88. The molecule has 2 N–H and O–H groups in total. The van der Waals surface area contributed by atoms with E-state index >= 15 is 0 Å². The topological polar surface area (TPSA) is 90.7 Å². The fourth-order valence-electron chi connectivity index (χ4n) is 3.05. The molecular formula is C20H22N4O3. The molecule has 3 heterocycles.